The molecule has 1 fully saturated rings. The molecule has 0 atom stereocenters. The van der Waals surface area contributed by atoms with Gasteiger partial charge in [-0.1, -0.05) is 35.3 Å². The molecule has 1 aliphatic rings. The van der Waals surface area contributed by atoms with E-state index in [0.29, 0.717) is 27.8 Å². The summed E-state index contributed by atoms with van der Waals surface area (Å²) < 4.78 is 1.84. The third kappa shape index (κ3) is 6.37. The molecule has 1 aliphatic heterocycles. The van der Waals surface area contributed by atoms with Crippen LogP contribution in [0.15, 0.2) is 66.9 Å². The van der Waals surface area contributed by atoms with Gasteiger partial charge in [-0.15, -0.1) is 12.4 Å². The minimum absolute atomic E-state index is 0. The van der Waals surface area contributed by atoms with E-state index in [1.807, 2.05) is 53.2 Å². The zero-order valence-corrected chi connectivity index (χ0v) is 22.8. The second kappa shape index (κ2) is 12.2. The molecule has 37 heavy (non-hydrogen) atoms. The van der Waals surface area contributed by atoms with Crippen molar-refractivity contribution in [1.82, 2.24) is 24.9 Å². The zero-order valence-electron chi connectivity index (χ0n) is 20.5. The first-order valence-corrected chi connectivity index (χ1v) is 12.7. The highest BCUT2D eigenvalue weighted by molar-refractivity contribution is 6.39. The molecule has 7 nitrogen and oxygen atoms in total. The van der Waals surface area contributed by atoms with Crippen molar-refractivity contribution in [3.8, 4) is 5.69 Å². The summed E-state index contributed by atoms with van der Waals surface area (Å²) in [6.45, 7) is 5.70. The van der Waals surface area contributed by atoms with E-state index in [9.17, 15) is 4.79 Å². The van der Waals surface area contributed by atoms with Gasteiger partial charge in [0.2, 0.25) is 0 Å². The average molecular weight is 560 g/mol. The van der Waals surface area contributed by atoms with E-state index in [0.717, 1.165) is 55.0 Å². The standard InChI is InChI=1S/C27H28Cl2N6O.ClH/c1-33-12-14-34(15-13-33)11-10-30-27(36)19-4-2-5-22(17-19)35-25-9-8-21(16-20(25)18-31-35)32-26-23(28)6-3-7-24(26)29;/h2-9,16-18,32H,10-15H2,1H3,(H,30,36);1H. The highest BCUT2D eigenvalue weighted by Crippen LogP contribution is 2.33. The van der Waals surface area contributed by atoms with E-state index >= 15 is 0 Å². The van der Waals surface area contributed by atoms with Gasteiger partial charge < -0.3 is 15.5 Å². The summed E-state index contributed by atoms with van der Waals surface area (Å²) in [4.78, 5) is 17.5. The van der Waals surface area contributed by atoms with Crippen LogP contribution in [0, 0.1) is 0 Å². The monoisotopic (exact) mass is 558 g/mol. The normalized spacial score (nSPS) is 14.4. The Kier molecular flexibility index (Phi) is 8.95. The lowest BCUT2D eigenvalue weighted by atomic mass is 10.1. The lowest BCUT2D eigenvalue weighted by Gasteiger charge is -2.32. The largest absolute Gasteiger partial charge is 0.353 e. The summed E-state index contributed by atoms with van der Waals surface area (Å²) in [5.74, 6) is -0.0782. The van der Waals surface area contributed by atoms with Crippen molar-refractivity contribution in [1.29, 1.82) is 0 Å². The number of fused-ring (bicyclic) bond motifs is 1. The lowest BCUT2D eigenvalue weighted by Crippen LogP contribution is -2.46. The smallest absolute Gasteiger partial charge is 0.251 e. The third-order valence-corrected chi connectivity index (χ3v) is 7.09. The number of piperazine rings is 1. The van der Waals surface area contributed by atoms with Gasteiger partial charge in [0.15, 0.2) is 0 Å². The van der Waals surface area contributed by atoms with Crippen LogP contribution in [-0.4, -0.2) is 71.8 Å². The van der Waals surface area contributed by atoms with Crippen LogP contribution in [0.5, 0.6) is 0 Å². The van der Waals surface area contributed by atoms with Gasteiger partial charge in [-0.25, -0.2) is 4.68 Å². The number of hydrogen-bond acceptors (Lipinski definition) is 5. The van der Waals surface area contributed by atoms with Crippen molar-refractivity contribution in [2.45, 2.75) is 0 Å². The lowest BCUT2D eigenvalue weighted by molar-refractivity contribution is 0.0941. The molecule has 2 N–H and O–H groups in total. The molecule has 0 unspecified atom stereocenters. The summed E-state index contributed by atoms with van der Waals surface area (Å²) in [5.41, 5.74) is 3.88. The SMILES string of the molecule is CN1CCN(CCNC(=O)c2cccc(-n3ncc4cc(Nc5c(Cl)cccc5Cl)ccc43)c2)CC1.Cl. The number of halogens is 3. The number of aromatic nitrogens is 2. The molecule has 0 bridgehead atoms. The number of rotatable bonds is 7. The Morgan fingerprint density at radius 2 is 1.70 bits per heavy atom. The van der Waals surface area contributed by atoms with Gasteiger partial charge in [0, 0.05) is 55.9 Å². The first-order valence-electron chi connectivity index (χ1n) is 12.0. The average Bonchev–Trinajstić information content (AvgIpc) is 3.31. The van der Waals surface area contributed by atoms with E-state index in [4.69, 9.17) is 23.2 Å². The van der Waals surface area contributed by atoms with Crippen LogP contribution in [0.3, 0.4) is 0 Å². The summed E-state index contributed by atoms with van der Waals surface area (Å²) in [7, 11) is 2.14. The van der Waals surface area contributed by atoms with Gasteiger partial charge in [0.1, 0.15) is 0 Å². The molecule has 1 amide bonds. The Bertz CT molecular complexity index is 1360. The van der Waals surface area contributed by atoms with Gasteiger partial charge >= 0.3 is 0 Å². The first kappa shape index (κ1) is 27.2. The number of hydrogen-bond donors (Lipinski definition) is 2. The molecule has 3 aromatic carbocycles. The van der Waals surface area contributed by atoms with E-state index in [1.165, 1.54) is 0 Å². The van der Waals surface area contributed by atoms with Crippen molar-refractivity contribution in [2.24, 2.45) is 0 Å². The van der Waals surface area contributed by atoms with E-state index < -0.39 is 0 Å². The molecule has 10 heteroatoms. The Labute approximate surface area is 232 Å². The number of anilines is 2. The Hall–Kier alpha value is -2.81. The maximum atomic E-state index is 12.8. The maximum Gasteiger partial charge on any atom is 0.251 e. The molecule has 5 rings (SSSR count). The molecular formula is C27H29Cl3N6O. The van der Waals surface area contributed by atoms with E-state index in [2.05, 4.69) is 32.6 Å². The number of amides is 1. The van der Waals surface area contributed by atoms with Crippen molar-refractivity contribution in [2.75, 3.05) is 51.6 Å². The van der Waals surface area contributed by atoms with Crippen molar-refractivity contribution in [3.63, 3.8) is 0 Å². The van der Waals surface area contributed by atoms with Gasteiger partial charge in [-0.2, -0.15) is 5.10 Å². The summed E-state index contributed by atoms with van der Waals surface area (Å²) in [6.07, 6.45) is 1.80. The maximum absolute atomic E-state index is 12.8. The van der Waals surface area contributed by atoms with Crippen LogP contribution in [-0.2, 0) is 0 Å². The molecule has 1 saturated heterocycles. The molecule has 0 saturated carbocycles. The van der Waals surface area contributed by atoms with Gasteiger partial charge in [0.05, 0.1) is 33.1 Å². The number of nitrogens with one attached hydrogen (secondary N) is 2. The van der Waals surface area contributed by atoms with Crippen LogP contribution in [0.4, 0.5) is 11.4 Å². The van der Waals surface area contributed by atoms with E-state index in [1.54, 1.807) is 18.3 Å². The fraction of sp³-hybridized carbons (Fsp3) is 0.259. The number of carbonyl (C=O) groups excluding carboxylic acids is 1. The second-order valence-corrected chi connectivity index (χ2v) is 9.82. The second-order valence-electron chi connectivity index (χ2n) is 9.00. The van der Waals surface area contributed by atoms with Crippen LogP contribution >= 0.6 is 35.6 Å². The Morgan fingerprint density at radius 3 is 2.46 bits per heavy atom. The zero-order chi connectivity index (χ0) is 25.1. The molecule has 0 spiro atoms. The quantitative estimate of drug-likeness (QED) is 0.314. The van der Waals surface area contributed by atoms with E-state index in [-0.39, 0.29) is 18.3 Å². The van der Waals surface area contributed by atoms with Crippen LogP contribution < -0.4 is 10.6 Å². The number of nitrogens with zero attached hydrogens (tertiary/aromatic N) is 4. The molecule has 194 valence electrons. The predicted molar refractivity (Wildman–Crippen MR) is 154 cm³/mol. The fourth-order valence-corrected chi connectivity index (χ4v) is 4.85. The summed E-state index contributed by atoms with van der Waals surface area (Å²) in [5, 5.41) is 13.0. The van der Waals surface area contributed by atoms with Gasteiger partial charge in [0.25, 0.3) is 5.91 Å². The van der Waals surface area contributed by atoms with Crippen molar-refractivity contribution in [3.05, 3.63) is 82.5 Å². The topological polar surface area (TPSA) is 65.4 Å². The molecule has 2 heterocycles. The number of likely N-dealkylation sites (N-methyl/N-ethyl adjacent to an activating group) is 1. The fourth-order valence-electron chi connectivity index (χ4n) is 4.36. The molecule has 1 aromatic heterocycles. The van der Waals surface area contributed by atoms with Crippen LogP contribution in [0.2, 0.25) is 10.0 Å². The minimum Gasteiger partial charge on any atom is -0.353 e. The van der Waals surface area contributed by atoms with Crippen molar-refractivity contribution >= 4 is 63.8 Å². The highest BCUT2D eigenvalue weighted by atomic mass is 35.5. The predicted octanol–water partition coefficient (Wildman–Crippen LogP) is 5.47. The minimum atomic E-state index is -0.0782. The molecule has 0 aliphatic carbocycles. The molecular weight excluding hydrogens is 531 g/mol. The highest BCUT2D eigenvalue weighted by Gasteiger charge is 2.15. The number of para-hydroxylation sites is 1. The first-order chi connectivity index (χ1) is 17.5. The molecule has 4 aromatic rings. The Morgan fingerprint density at radius 1 is 0.973 bits per heavy atom. The number of benzene rings is 3. The molecule has 0 radical (unpaired) electrons. The Balaban J connectivity index is 0.00000320. The van der Waals surface area contributed by atoms with Crippen LogP contribution in [0.25, 0.3) is 16.6 Å². The third-order valence-electron chi connectivity index (χ3n) is 6.46. The van der Waals surface area contributed by atoms with Crippen LogP contribution in [0.1, 0.15) is 10.4 Å². The summed E-state index contributed by atoms with van der Waals surface area (Å²) in [6, 6.07) is 18.9. The summed E-state index contributed by atoms with van der Waals surface area (Å²) >= 11 is 12.6. The van der Waals surface area contributed by atoms with Gasteiger partial charge in [-0.3, -0.25) is 9.69 Å². The van der Waals surface area contributed by atoms with Crippen molar-refractivity contribution < 1.29 is 4.79 Å². The number of carbonyl (C=O) groups is 1. The van der Waals surface area contributed by atoms with Gasteiger partial charge in [-0.05, 0) is 55.6 Å².